The van der Waals surface area contributed by atoms with Gasteiger partial charge in [0.15, 0.2) is 12.2 Å². The van der Waals surface area contributed by atoms with E-state index in [0.717, 1.165) is 102 Å². The van der Waals surface area contributed by atoms with Crippen molar-refractivity contribution in [2.45, 2.75) is 355 Å². The minimum absolute atomic E-state index is 0.106. The number of phosphoric ester groups is 2. The highest BCUT2D eigenvalue weighted by atomic mass is 31.2. The quantitative estimate of drug-likeness (QED) is 0.0222. The molecule has 85 heavy (non-hydrogen) atoms. The van der Waals surface area contributed by atoms with Crippen LogP contribution in [0.25, 0.3) is 0 Å². The monoisotopic (exact) mass is 1250 g/mol. The molecular weight excluding hydrogens is 1130 g/mol. The topological polar surface area (TPSA) is 237 Å². The molecule has 504 valence electrons. The molecule has 0 aromatic heterocycles. The van der Waals surface area contributed by atoms with Gasteiger partial charge >= 0.3 is 39.5 Å². The molecule has 0 rings (SSSR count). The van der Waals surface area contributed by atoms with E-state index in [0.29, 0.717) is 25.7 Å². The Labute approximate surface area is 517 Å². The summed E-state index contributed by atoms with van der Waals surface area (Å²) in [5, 5.41) is 10.5. The zero-order chi connectivity index (χ0) is 62.8. The SMILES string of the molecule is CCCCCCCCCCCCCCCCCCC(=O)O[C@H](COC(=O)CCCCCCCCCCCC(C)C)COP(=O)(O)OC[C@@H](O)COP(=O)(O)OC[C@@H](COC(=O)CCCCCCC)OC(=O)CCCCCCCCCCCCCC. The molecule has 5 atom stereocenters. The van der Waals surface area contributed by atoms with Crippen LogP contribution in [0.3, 0.4) is 0 Å². The van der Waals surface area contributed by atoms with E-state index < -0.39 is 97.5 Å². The first-order valence-electron chi connectivity index (χ1n) is 34.6. The van der Waals surface area contributed by atoms with Crippen LogP contribution >= 0.6 is 15.6 Å². The molecule has 0 saturated carbocycles. The summed E-state index contributed by atoms with van der Waals surface area (Å²) in [7, 11) is -9.88. The lowest BCUT2D eigenvalue weighted by Crippen LogP contribution is -2.30. The molecule has 0 aromatic rings. The molecule has 0 fully saturated rings. The molecule has 3 N–H and O–H groups in total. The Morgan fingerprint density at radius 1 is 0.318 bits per heavy atom. The number of hydrogen-bond acceptors (Lipinski definition) is 15. The molecule has 0 saturated heterocycles. The van der Waals surface area contributed by atoms with E-state index >= 15 is 0 Å². The van der Waals surface area contributed by atoms with Gasteiger partial charge in [-0.1, -0.05) is 285 Å². The van der Waals surface area contributed by atoms with E-state index in [9.17, 15) is 43.2 Å². The zero-order valence-electron chi connectivity index (χ0n) is 54.7. The van der Waals surface area contributed by atoms with Crippen molar-refractivity contribution < 1.29 is 80.2 Å². The second kappa shape index (κ2) is 59.7. The predicted molar refractivity (Wildman–Crippen MR) is 340 cm³/mol. The van der Waals surface area contributed by atoms with Crippen molar-refractivity contribution in [3.63, 3.8) is 0 Å². The van der Waals surface area contributed by atoms with Gasteiger partial charge in [-0.2, -0.15) is 0 Å². The Kier molecular flexibility index (Phi) is 58.3. The highest BCUT2D eigenvalue weighted by molar-refractivity contribution is 7.47. The summed E-state index contributed by atoms with van der Waals surface area (Å²) in [5.41, 5.74) is 0. The van der Waals surface area contributed by atoms with Crippen LogP contribution in [0, 0.1) is 5.92 Å². The van der Waals surface area contributed by atoms with Crippen molar-refractivity contribution >= 4 is 39.5 Å². The summed E-state index contributed by atoms with van der Waals surface area (Å²) >= 11 is 0. The van der Waals surface area contributed by atoms with Crippen LogP contribution in [-0.2, 0) is 65.4 Å². The molecule has 0 aromatic carbocycles. The molecule has 17 nitrogen and oxygen atoms in total. The fourth-order valence-electron chi connectivity index (χ4n) is 9.94. The maximum absolute atomic E-state index is 13.0. The molecule has 19 heteroatoms. The van der Waals surface area contributed by atoms with Crippen molar-refractivity contribution in [1.82, 2.24) is 0 Å². The summed E-state index contributed by atoms with van der Waals surface area (Å²) in [6, 6.07) is 0. The second-order valence-corrected chi connectivity index (χ2v) is 27.2. The largest absolute Gasteiger partial charge is 0.472 e. The molecule has 0 aliphatic rings. The van der Waals surface area contributed by atoms with Gasteiger partial charge in [0.25, 0.3) is 0 Å². The summed E-state index contributed by atoms with van der Waals surface area (Å²) in [5.74, 6) is -1.39. The van der Waals surface area contributed by atoms with Crippen LogP contribution in [0.15, 0.2) is 0 Å². The number of aliphatic hydroxyl groups excluding tert-OH is 1. The average Bonchev–Trinajstić information content (AvgIpc) is 3.52. The number of hydrogen-bond donors (Lipinski definition) is 3. The molecule has 0 radical (unpaired) electrons. The number of carbonyl (C=O) groups excluding carboxylic acids is 4. The van der Waals surface area contributed by atoms with Gasteiger partial charge < -0.3 is 33.8 Å². The second-order valence-electron chi connectivity index (χ2n) is 24.3. The van der Waals surface area contributed by atoms with E-state index in [2.05, 4.69) is 34.6 Å². The maximum atomic E-state index is 13.0. The van der Waals surface area contributed by atoms with Gasteiger partial charge in [0.05, 0.1) is 26.4 Å². The van der Waals surface area contributed by atoms with Gasteiger partial charge in [0.2, 0.25) is 0 Å². The normalized spacial score (nSPS) is 14.2. The first-order valence-corrected chi connectivity index (χ1v) is 37.6. The number of carbonyl (C=O) groups is 4. The summed E-state index contributed by atoms with van der Waals surface area (Å²) < 4.78 is 67.9. The van der Waals surface area contributed by atoms with Crippen molar-refractivity contribution in [1.29, 1.82) is 0 Å². The van der Waals surface area contributed by atoms with Gasteiger partial charge in [-0.05, 0) is 31.6 Å². The van der Waals surface area contributed by atoms with E-state index in [4.69, 9.17) is 37.0 Å². The molecule has 0 amide bonds. The highest BCUT2D eigenvalue weighted by Gasteiger charge is 2.30. The van der Waals surface area contributed by atoms with Crippen molar-refractivity contribution in [2.75, 3.05) is 39.6 Å². The van der Waals surface area contributed by atoms with Gasteiger partial charge in [0.1, 0.15) is 19.3 Å². The molecule has 0 aliphatic carbocycles. The molecule has 0 aliphatic heterocycles. The molecule has 0 heterocycles. The van der Waals surface area contributed by atoms with Gasteiger partial charge in [-0.25, -0.2) is 9.13 Å². The zero-order valence-corrected chi connectivity index (χ0v) is 56.5. The predicted octanol–water partition coefficient (Wildman–Crippen LogP) is 18.6. The van der Waals surface area contributed by atoms with Gasteiger partial charge in [-0.15, -0.1) is 0 Å². The van der Waals surface area contributed by atoms with E-state index in [1.54, 1.807) is 0 Å². The van der Waals surface area contributed by atoms with Crippen LogP contribution in [0.2, 0.25) is 0 Å². The number of rotatable bonds is 66. The minimum Gasteiger partial charge on any atom is -0.462 e. The van der Waals surface area contributed by atoms with Crippen LogP contribution in [0.4, 0.5) is 0 Å². The summed E-state index contributed by atoms with van der Waals surface area (Å²) in [6.45, 7) is 7.11. The standard InChI is InChI=1S/C66H128O17P2/c1-6-9-12-15-17-19-21-23-24-25-26-28-32-37-42-47-52-66(71)83-62(56-77-64(69)50-45-40-35-33-29-30-34-39-43-48-59(4)5)58-81-85(74,75)79-54-60(67)53-78-84(72,73)80-57-61(55-76-63(68)49-44-38-14-11-8-3)82-65(70)51-46-41-36-31-27-22-20-18-16-13-10-7-2/h59-62,67H,6-58H2,1-5H3,(H,72,73)(H,74,75)/t60-,61+,62+/m0/s1. The molecule has 0 spiro atoms. The lowest BCUT2D eigenvalue weighted by molar-refractivity contribution is -0.161. The average molecular weight is 1260 g/mol. The van der Waals surface area contributed by atoms with Crippen molar-refractivity contribution in [3.05, 3.63) is 0 Å². The smallest absolute Gasteiger partial charge is 0.462 e. The summed E-state index contributed by atoms with van der Waals surface area (Å²) in [4.78, 5) is 72.1. The lowest BCUT2D eigenvalue weighted by atomic mass is 10.0. The Balaban J connectivity index is 5.16. The Bertz CT molecular complexity index is 1650. The maximum Gasteiger partial charge on any atom is 0.472 e. The van der Waals surface area contributed by atoms with E-state index in [-0.39, 0.29) is 25.7 Å². The van der Waals surface area contributed by atoms with E-state index in [1.165, 1.54) is 154 Å². The molecule has 2 unspecified atom stereocenters. The third kappa shape index (κ3) is 60.7. The fourth-order valence-corrected chi connectivity index (χ4v) is 11.5. The van der Waals surface area contributed by atoms with Crippen molar-refractivity contribution in [2.24, 2.45) is 5.92 Å². The highest BCUT2D eigenvalue weighted by Crippen LogP contribution is 2.45. The van der Waals surface area contributed by atoms with Crippen LogP contribution in [-0.4, -0.2) is 96.7 Å². The third-order valence-electron chi connectivity index (χ3n) is 15.3. The Hall–Kier alpha value is -1.94. The fraction of sp³-hybridized carbons (Fsp3) is 0.939. The number of phosphoric acid groups is 2. The minimum atomic E-state index is -4.95. The number of esters is 4. The van der Waals surface area contributed by atoms with Crippen LogP contribution in [0.1, 0.15) is 336 Å². The number of aliphatic hydroxyl groups is 1. The lowest BCUT2D eigenvalue weighted by Gasteiger charge is -2.21. The summed E-state index contributed by atoms with van der Waals surface area (Å²) in [6.07, 6.45) is 44.7. The van der Waals surface area contributed by atoms with Crippen molar-refractivity contribution in [3.8, 4) is 0 Å². The third-order valence-corrected chi connectivity index (χ3v) is 17.2. The number of unbranched alkanes of at least 4 members (excludes halogenated alkanes) is 38. The number of ether oxygens (including phenoxy) is 4. The van der Waals surface area contributed by atoms with Crippen LogP contribution in [0.5, 0.6) is 0 Å². The first-order chi connectivity index (χ1) is 41.0. The van der Waals surface area contributed by atoms with Gasteiger partial charge in [0, 0.05) is 25.7 Å². The first kappa shape index (κ1) is 83.1. The van der Waals surface area contributed by atoms with Gasteiger partial charge in [-0.3, -0.25) is 37.3 Å². The molecule has 0 bridgehead atoms. The Morgan fingerprint density at radius 3 is 0.800 bits per heavy atom. The molecular formula is C66H128O17P2. The van der Waals surface area contributed by atoms with E-state index in [1.807, 2.05) is 0 Å². The Morgan fingerprint density at radius 2 is 0.541 bits per heavy atom. The van der Waals surface area contributed by atoms with Crippen LogP contribution < -0.4 is 0 Å².